The summed E-state index contributed by atoms with van der Waals surface area (Å²) in [6, 6.07) is 21.6. The Labute approximate surface area is 176 Å². The maximum Gasteiger partial charge on any atom is 0.230 e. The highest BCUT2D eigenvalue weighted by atomic mass is 35.5. The summed E-state index contributed by atoms with van der Waals surface area (Å²) in [4.78, 5) is 13.3. The predicted molar refractivity (Wildman–Crippen MR) is 118 cm³/mol. The minimum Gasteiger partial charge on any atom is -0.389 e. The van der Waals surface area contributed by atoms with E-state index in [1.165, 1.54) is 0 Å². The Hall–Kier alpha value is -2.36. The second kappa shape index (κ2) is 8.56. The van der Waals surface area contributed by atoms with Crippen LogP contribution in [0.15, 0.2) is 66.7 Å². The molecule has 0 aromatic heterocycles. The van der Waals surface area contributed by atoms with Gasteiger partial charge in [-0.2, -0.15) is 0 Å². The third-order valence-corrected chi connectivity index (χ3v) is 6.22. The molecule has 3 aromatic rings. The summed E-state index contributed by atoms with van der Waals surface area (Å²) in [5.74, 6) is -0.726. The smallest absolute Gasteiger partial charge is 0.230 e. The highest BCUT2D eigenvalue weighted by molar-refractivity contribution is 6.30. The van der Waals surface area contributed by atoms with Crippen LogP contribution < -0.4 is 5.32 Å². The van der Waals surface area contributed by atoms with Gasteiger partial charge in [-0.05, 0) is 46.9 Å². The molecule has 4 rings (SSSR count). The van der Waals surface area contributed by atoms with Crippen molar-refractivity contribution in [3.8, 4) is 0 Å². The number of halogens is 1. The van der Waals surface area contributed by atoms with Gasteiger partial charge in [-0.25, -0.2) is 0 Å². The number of amides is 1. The highest BCUT2D eigenvalue weighted by Gasteiger charge is 2.43. The number of carbonyl (C=O) groups excluding carboxylic acids is 1. The summed E-state index contributed by atoms with van der Waals surface area (Å²) in [6.07, 6.45) is 4.30. The molecule has 1 saturated carbocycles. The van der Waals surface area contributed by atoms with E-state index in [2.05, 4.69) is 11.4 Å². The number of hydrogen-bond acceptors (Lipinski definition) is 2. The number of benzene rings is 3. The molecule has 1 atom stereocenters. The molecule has 1 aliphatic rings. The topological polar surface area (TPSA) is 49.3 Å². The zero-order valence-electron chi connectivity index (χ0n) is 16.4. The van der Waals surface area contributed by atoms with Crippen molar-refractivity contribution < 1.29 is 9.90 Å². The molecule has 4 heteroatoms. The molecule has 3 aromatic carbocycles. The zero-order chi connectivity index (χ0) is 20.3. The van der Waals surface area contributed by atoms with Crippen molar-refractivity contribution in [1.82, 2.24) is 5.32 Å². The van der Waals surface area contributed by atoms with E-state index in [0.29, 0.717) is 24.4 Å². The monoisotopic (exact) mass is 407 g/mol. The first kappa shape index (κ1) is 19.9. The maximum atomic E-state index is 13.3. The van der Waals surface area contributed by atoms with Gasteiger partial charge < -0.3 is 10.4 Å². The SMILES string of the molecule is O=C(NCc1cccc(Cl)c1)C(c1ccc2ccccc2c1)C1(O)CCCCC1. The lowest BCUT2D eigenvalue weighted by molar-refractivity contribution is -0.131. The minimum absolute atomic E-state index is 0.135. The summed E-state index contributed by atoms with van der Waals surface area (Å²) in [6.45, 7) is 0.388. The van der Waals surface area contributed by atoms with Crippen molar-refractivity contribution in [1.29, 1.82) is 0 Å². The molecule has 0 spiro atoms. The highest BCUT2D eigenvalue weighted by Crippen LogP contribution is 2.41. The van der Waals surface area contributed by atoms with Crippen molar-refractivity contribution in [2.75, 3.05) is 0 Å². The predicted octanol–water partition coefficient (Wildman–Crippen LogP) is 5.59. The molecule has 0 aliphatic heterocycles. The van der Waals surface area contributed by atoms with Crippen LogP contribution in [0.2, 0.25) is 5.02 Å². The van der Waals surface area contributed by atoms with E-state index in [-0.39, 0.29) is 5.91 Å². The van der Waals surface area contributed by atoms with Crippen LogP contribution in [0.25, 0.3) is 10.8 Å². The van der Waals surface area contributed by atoms with E-state index in [1.807, 2.05) is 60.7 Å². The van der Waals surface area contributed by atoms with Gasteiger partial charge in [0.05, 0.1) is 11.5 Å². The Balaban J connectivity index is 1.64. The van der Waals surface area contributed by atoms with Crippen LogP contribution in [0.4, 0.5) is 0 Å². The average molecular weight is 408 g/mol. The molecular weight excluding hydrogens is 382 g/mol. The van der Waals surface area contributed by atoms with E-state index >= 15 is 0 Å². The Kier molecular flexibility index (Phi) is 5.89. The van der Waals surface area contributed by atoms with E-state index < -0.39 is 11.5 Å². The van der Waals surface area contributed by atoms with Crippen molar-refractivity contribution in [3.05, 3.63) is 82.9 Å². The summed E-state index contributed by atoms with van der Waals surface area (Å²) in [5.41, 5.74) is 0.800. The molecule has 0 saturated heterocycles. The lowest BCUT2D eigenvalue weighted by Crippen LogP contribution is -2.46. The fourth-order valence-corrected chi connectivity index (χ4v) is 4.70. The van der Waals surface area contributed by atoms with Crippen LogP contribution in [0.5, 0.6) is 0 Å². The molecule has 0 heterocycles. The van der Waals surface area contributed by atoms with Crippen LogP contribution >= 0.6 is 11.6 Å². The maximum absolute atomic E-state index is 13.3. The van der Waals surface area contributed by atoms with Crippen LogP contribution in [-0.4, -0.2) is 16.6 Å². The Morgan fingerprint density at radius 3 is 2.48 bits per heavy atom. The van der Waals surface area contributed by atoms with Gasteiger partial charge in [-0.3, -0.25) is 4.79 Å². The first-order valence-electron chi connectivity index (χ1n) is 10.3. The molecule has 0 bridgehead atoms. The number of hydrogen-bond donors (Lipinski definition) is 2. The van der Waals surface area contributed by atoms with Crippen molar-refractivity contribution >= 4 is 28.3 Å². The van der Waals surface area contributed by atoms with Crippen LogP contribution in [0.1, 0.15) is 49.1 Å². The lowest BCUT2D eigenvalue weighted by atomic mass is 9.72. The summed E-state index contributed by atoms with van der Waals surface area (Å²) in [5, 5.41) is 17.4. The zero-order valence-corrected chi connectivity index (χ0v) is 17.2. The normalized spacial score (nSPS) is 17.0. The fraction of sp³-hybridized carbons (Fsp3) is 0.320. The van der Waals surface area contributed by atoms with E-state index in [1.54, 1.807) is 0 Å². The van der Waals surface area contributed by atoms with Gasteiger partial charge in [0, 0.05) is 11.6 Å². The van der Waals surface area contributed by atoms with E-state index in [4.69, 9.17) is 11.6 Å². The fourth-order valence-electron chi connectivity index (χ4n) is 4.48. The van der Waals surface area contributed by atoms with Crippen LogP contribution in [0.3, 0.4) is 0 Å². The quantitative estimate of drug-likeness (QED) is 0.579. The Morgan fingerprint density at radius 1 is 0.966 bits per heavy atom. The second-order valence-electron chi connectivity index (χ2n) is 8.05. The van der Waals surface area contributed by atoms with Crippen molar-refractivity contribution in [2.24, 2.45) is 0 Å². The van der Waals surface area contributed by atoms with Crippen molar-refractivity contribution in [2.45, 2.75) is 50.2 Å². The molecule has 1 unspecified atom stereocenters. The molecule has 1 aliphatic carbocycles. The largest absolute Gasteiger partial charge is 0.389 e. The van der Waals surface area contributed by atoms with Gasteiger partial charge in [0.1, 0.15) is 0 Å². The molecule has 3 nitrogen and oxygen atoms in total. The number of rotatable bonds is 5. The van der Waals surface area contributed by atoms with Gasteiger partial charge in [0.2, 0.25) is 5.91 Å². The first-order chi connectivity index (χ1) is 14.0. The molecule has 1 fully saturated rings. The molecule has 150 valence electrons. The van der Waals surface area contributed by atoms with Crippen LogP contribution in [0, 0.1) is 0 Å². The molecule has 1 amide bonds. The Bertz CT molecular complexity index is 1010. The number of nitrogens with one attached hydrogen (secondary N) is 1. The summed E-state index contributed by atoms with van der Waals surface area (Å²) >= 11 is 6.07. The van der Waals surface area contributed by atoms with Crippen LogP contribution in [-0.2, 0) is 11.3 Å². The lowest BCUT2D eigenvalue weighted by Gasteiger charge is -2.38. The standard InChI is InChI=1S/C25H26ClNO2/c26-22-10-6-7-18(15-22)17-27-24(28)23(25(29)13-4-1-5-14-25)21-12-11-19-8-2-3-9-20(19)16-21/h2-3,6-12,15-16,23,29H,1,4-5,13-14,17H2,(H,27,28). The van der Waals surface area contributed by atoms with E-state index in [9.17, 15) is 9.90 Å². The Morgan fingerprint density at radius 2 is 1.72 bits per heavy atom. The summed E-state index contributed by atoms with van der Waals surface area (Å²) in [7, 11) is 0. The first-order valence-corrected chi connectivity index (χ1v) is 10.7. The molecular formula is C25H26ClNO2. The summed E-state index contributed by atoms with van der Waals surface area (Å²) < 4.78 is 0. The molecule has 29 heavy (non-hydrogen) atoms. The van der Waals surface area contributed by atoms with Gasteiger partial charge in [-0.1, -0.05) is 85.5 Å². The number of aliphatic hydroxyl groups is 1. The third-order valence-electron chi connectivity index (χ3n) is 5.98. The average Bonchev–Trinajstić information content (AvgIpc) is 2.73. The number of fused-ring (bicyclic) bond motifs is 1. The second-order valence-corrected chi connectivity index (χ2v) is 8.49. The molecule has 2 N–H and O–H groups in total. The number of carbonyl (C=O) groups is 1. The minimum atomic E-state index is -1.01. The van der Waals surface area contributed by atoms with Gasteiger partial charge in [0.15, 0.2) is 0 Å². The van der Waals surface area contributed by atoms with Gasteiger partial charge in [-0.15, -0.1) is 0 Å². The van der Waals surface area contributed by atoms with E-state index in [0.717, 1.165) is 41.2 Å². The van der Waals surface area contributed by atoms with Gasteiger partial charge >= 0.3 is 0 Å². The third kappa shape index (κ3) is 4.47. The molecule has 0 radical (unpaired) electrons. The van der Waals surface area contributed by atoms with Gasteiger partial charge in [0.25, 0.3) is 0 Å². The van der Waals surface area contributed by atoms with Crippen molar-refractivity contribution in [3.63, 3.8) is 0 Å².